The minimum atomic E-state index is -0.438. The van der Waals surface area contributed by atoms with Gasteiger partial charge in [-0.05, 0) is 30.3 Å². The van der Waals surface area contributed by atoms with E-state index in [1.807, 2.05) is 6.07 Å². The highest BCUT2D eigenvalue weighted by molar-refractivity contribution is 5.91. The maximum Gasteiger partial charge on any atom is 0.262 e. The summed E-state index contributed by atoms with van der Waals surface area (Å²) in [6, 6.07) is 12.2. The van der Waals surface area contributed by atoms with Gasteiger partial charge < -0.3 is 14.8 Å². The van der Waals surface area contributed by atoms with Crippen LogP contribution in [0.2, 0.25) is 0 Å². The van der Waals surface area contributed by atoms with Gasteiger partial charge in [-0.2, -0.15) is 5.26 Å². The molecule has 2 rings (SSSR count). The van der Waals surface area contributed by atoms with Crippen LogP contribution < -0.4 is 14.8 Å². The molecule has 22 heavy (non-hydrogen) atoms. The highest BCUT2D eigenvalue weighted by Crippen LogP contribution is 2.27. The van der Waals surface area contributed by atoms with Crippen molar-refractivity contribution in [2.75, 3.05) is 19.0 Å². The first-order valence-corrected chi connectivity index (χ1v) is 6.38. The van der Waals surface area contributed by atoms with E-state index in [-0.39, 0.29) is 6.61 Å². The van der Waals surface area contributed by atoms with Crippen LogP contribution in [-0.4, -0.2) is 19.6 Å². The van der Waals surface area contributed by atoms with Crippen molar-refractivity contribution in [2.24, 2.45) is 0 Å². The Balaban J connectivity index is 1.98. The van der Waals surface area contributed by atoms with Gasteiger partial charge in [-0.25, -0.2) is 4.39 Å². The molecule has 0 aliphatic heterocycles. The van der Waals surface area contributed by atoms with Crippen molar-refractivity contribution in [1.82, 2.24) is 0 Å². The predicted octanol–water partition coefficient (Wildman–Crippen LogP) is 2.72. The monoisotopic (exact) mass is 300 g/mol. The third kappa shape index (κ3) is 3.96. The molecule has 0 radical (unpaired) electrons. The fraction of sp³-hybridized carbons (Fsp3) is 0.125. The van der Waals surface area contributed by atoms with Crippen molar-refractivity contribution < 1.29 is 18.7 Å². The molecule has 5 nitrogen and oxygen atoms in total. The molecule has 0 spiro atoms. The van der Waals surface area contributed by atoms with Crippen molar-refractivity contribution in [1.29, 1.82) is 5.26 Å². The van der Waals surface area contributed by atoms with Crippen molar-refractivity contribution >= 4 is 11.6 Å². The molecule has 1 N–H and O–H groups in total. The summed E-state index contributed by atoms with van der Waals surface area (Å²) in [5.74, 6) is -0.169. The number of carbonyl (C=O) groups excluding carboxylic acids is 1. The SMILES string of the molecule is COc1cc(C#N)ccc1OCC(=O)Nc1cccc(F)c1. The second-order valence-corrected chi connectivity index (χ2v) is 4.32. The predicted molar refractivity (Wildman–Crippen MR) is 78.2 cm³/mol. The van der Waals surface area contributed by atoms with E-state index in [0.717, 1.165) is 0 Å². The topological polar surface area (TPSA) is 71.3 Å². The maximum absolute atomic E-state index is 13.0. The average molecular weight is 300 g/mol. The molecule has 0 unspecified atom stereocenters. The first kappa shape index (κ1) is 15.3. The van der Waals surface area contributed by atoms with Crippen molar-refractivity contribution in [3.8, 4) is 17.6 Å². The Kier molecular flexibility index (Phi) is 4.94. The number of methoxy groups -OCH3 is 1. The maximum atomic E-state index is 13.0. The Hall–Kier alpha value is -3.07. The van der Waals surface area contributed by atoms with Gasteiger partial charge in [-0.3, -0.25) is 4.79 Å². The van der Waals surface area contributed by atoms with Crippen LogP contribution in [0.5, 0.6) is 11.5 Å². The number of benzene rings is 2. The number of nitrogens with zero attached hydrogens (tertiary/aromatic N) is 1. The van der Waals surface area contributed by atoms with Gasteiger partial charge in [0, 0.05) is 11.8 Å². The molecule has 0 atom stereocenters. The smallest absolute Gasteiger partial charge is 0.262 e. The number of carbonyl (C=O) groups is 1. The van der Waals surface area contributed by atoms with Crippen LogP contribution in [0.15, 0.2) is 42.5 Å². The molecule has 0 aromatic heterocycles. The molecule has 0 bridgehead atoms. The quantitative estimate of drug-likeness (QED) is 0.921. The van der Waals surface area contributed by atoms with E-state index in [0.29, 0.717) is 22.7 Å². The number of halogens is 1. The third-order valence-electron chi connectivity index (χ3n) is 2.76. The fourth-order valence-corrected chi connectivity index (χ4v) is 1.76. The Bertz CT molecular complexity index is 726. The molecule has 0 aliphatic rings. The Morgan fingerprint density at radius 2 is 2.09 bits per heavy atom. The molecule has 0 fully saturated rings. The third-order valence-corrected chi connectivity index (χ3v) is 2.76. The van der Waals surface area contributed by atoms with E-state index in [2.05, 4.69) is 5.32 Å². The minimum absolute atomic E-state index is 0.265. The number of hydrogen-bond donors (Lipinski definition) is 1. The number of ether oxygens (including phenoxy) is 2. The van der Waals surface area contributed by atoms with Crippen LogP contribution >= 0.6 is 0 Å². The average Bonchev–Trinajstić information content (AvgIpc) is 2.52. The van der Waals surface area contributed by atoms with Gasteiger partial charge in [-0.15, -0.1) is 0 Å². The van der Waals surface area contributed by atoms with Gasteiger partial charge in [0.1, 0.15) is 5.82 Å². The summed E-state index contributed by atoms with van der Waals surface area (Å²) >= 11 is 0. The minimum Gasteiger partial charge on any atom is -0.493 e. The lowest BCUT2D eigenvalue weighted by Gasteiger charge is -2.11. The summed E-state index contributed by atoms with van der Waals surface area (Å²) in [4.78, 5) is 11.8. The molecule has 112 valence electrons. The van der Waals surface area contributed by atoms with Gasteiger partial charge in [0.15, 0.2) is 18.1 Å². The fourth-order valence-electron chi connectivity index (χ4n) is 1.76. The molecule has 0 aliphatic carbocycles. The molecule has 2 aromatic carbocycles. The van der Waals surface area contributed by atoms with Crippen LogP contribution in [0.25, 0.3) is 0 Å². The van der Waals surface area contributed by atoms with E-state index in [4.69, 9.17) is 14.7 Å². The van der Waals surface area contributed by atoms with E-state index in [9.17, 15) is 9.18 Å². The Morgan fingerprint density at radius 3 is 2.77 bits per heavy atom. The van der Waals surface area contributed by atoms with E-state index >= 15 is 0 Å². The van der Waals surface area contributed by atoms with Crippen LogP contribution in [0, 0.1) is 17.1 Å². The number of hydrogen-bond acceptors (Lipinski definition) is 4. The first-order chi connectivity index (χ1) is 10.6. The lowest BCUT2D eigenvalue weighted by Crippen LogP contribution is -2.20. The lowest BCUT2D eigenvalue weighted by atomic mass is 10.2. The second-order valence-electron chi connectivity index (χ2n) is 4.32. The molecule has 0 heterocycles. The normalized spacial score (nSPS) is 9.68. The van der Waals surface area contributed by atoms with Gasteiger partial charge in [0.05, 0.1) is 18.7 Å². The van der Waals surface area contributed by atoms with Crippen LogP contribution in [0.3, 0.4) is 0 Å². The zero-order valence-corrected chi connectivity index (χ0v) is 11.8. The van der Waals surface area contributed by atoms with Gasteiger partial charge in [-0.1, -0.05) is 6.07 Å². The zero-order valence-electron chi connectivity index (χ0n) is 11.8. The Labute approximate surface area is 126 Å². The van der Waals surface area contributed by atoms with Crippen molar-refractivity contribution in [2.45, 2.75) is 0 Å². The molecule has 0 saturated carbocycles. The molecule has 1 amide bonds. The molecule has 0 saturated heterocycles. The number of anilines is 1. The van der Waals surface area contributed by atoms with E-state index in [1.165, 1.54) is 31.4 Å². The standard InChI is InChI=1S/C16H13FN2O3/c1-21-15-7-11(9-18)5-6-14(15)22-10-16(20)19-13-4-2-3-12(17)8-13/h2-8H,10H2,1H3,(H,19,20). The van der Waals surface area contributed by atoms with Gasteiger partial charge in [0.25, 0.3) is 5.91 Å². The van der Waals surface area contributed by atoms with E-state index < -0.39 is 11.7 Å². The Morgan fingerprint density at radius 1 is 1.27 bits per heavy atom. The summed E-state index contributed by atoms with van der Waals surface area (Å²) in [5, 5.41) is 11.3. The summed E-state index contributed by atoms with van der Waals surface area (Å²) in [6.07, 6.45) is 0. The van der Waals surface area contributed by atoms with Crippen molar-refractivity contribution in [3.63, 3.8) is 0 Å². The summed E-state index contributed by atoms with van der Waals surface area (Å²) in [5.41, 5.74) is 0.772. The zero-order chi connectivity index (χ0) is 15.9. The van der Waals surface area contributed by atoms with Gasteiger partial charge in [0.2, 0.25) is 0 Å². The number of nitriles is 1. The molecular weight excluding hydrogens is 287 g/mol. The summed E-state index contributed by atoms with van der Waals surface area (Å²) in [7, 11) is 1.44. The van der Waals surface area contributed by atoms with Crippen LogP contribution in [0.4, 0.5) is 10.1 Å². The second kappa shape index (κ2) is 7.09. The number of nitrogens with one attached hydrogen (secondary N) is 1. The molecule has 6 heteroatoms. The van der Waals surface area contributed by atoms with Crippen LogP contribution in [-0.2, 0) is 4.79 Å². The summed E-state index contributed by atoms with van der Waals surface area (Å²) < 4.78 is 23.5. The van der Waals surface area contributed by atoms with Crippen LogP contribution in [0.1, 0.15) is 5.56 Å². The highest BCUT2D eigenvalue weighted by Gasteiger charge is 2.09. The largest absolute Gasteiger partial charge is 0.493 e. The summed E-state index contributed by atoms with van der Waals surface area (Å²) in [6.45, 7) is -0.265. The lowest BCUT2D eigenvalue weighted by molar-refractivity contribution is -0.118. The first-order valence-electron chi connectivity index (χ1n) is 6.38. The number of amides is 1. The highest BCUT2D eigenvalue weighted by atomic mass is 19.1. The van der Waals surface area contributed by atoms with E-state index in [1.54, 1.807) is 18.2 Å². The molecule has 2 aromatic rings. The number of rotatable bonds is 5. The molecular formula is C16H13FN2O3. The van der Waals surface area contributed by atoms with Gasteiger partial charge >= 0.3 is 0 Å². The van der Waals surface area contributed by atoms with Crippen molar-refractivity contribution in [3.05, 3.63) is 53.8 Å².